The van der Waals surface area contributed by atoms with E-state index in [1.54, 1.807) is 25.7 Å². The van der Waals surface area contributed by atoms with Gasteiger partial charge >= 0.3 is 0 Å². The predicted molar refractivity (Wildman–Crippen MR) is 121 cm³/mol. The first kappa shape index (κ1) is 26.0. The van der Waals surface area contributed by atoms with Crippen LogP contribution in [0.15, 0.2) is 47.4 Å². The Morgan fingerprint density at radius 1 is 1.09 bits per heavy atom. The second-order valence-corrected chi connectivity index (χ2v) is 11.0. The van der Waals surface area contributed by atoms with Gasteiger partial charge in [-0.15, -0.1) is 0 Å². The van der Waals surface area contributed by atoms with Gasteiger partial charge in [0.25, 0.3) is 0 Å². The molecule has 0 bridgehead atoms. The van der Waals surface area contributed by atoms with E-state index < -0.39 is 38.6 Å². The van der Waals surface area contributed by atoms with Crippen molar-refractivity contribution in [3.63, 3.8) is 0 Å². The summed E-state index contributed by atoms with van der Waals surface area (Å²) in [5.41, 5.74) is -0.783. The molecule has 1 fully saturated rings. The van der Waals surface area contributed by atoms with Crippen LogP contribution in [0.25, 0.3) is 0 Å². The molecular formula is C24H29F3N2O4S. The number of rotatable bonds is 8. The van der Waals surface area contributed by atoms with Crippen molar-refractivity contribution in [2.75, 3.05) is 26.2 Å². The fraction of sp³-hybridized carbons (Fsp3) is 0.458. The highest BCUT2D eigenvalue weighted by Crippen LogP contribution is 2.29. The second kappa shape index (κ2) is 10.4. The zero-order valence-electron chi connectivity index (χ0n) is 19.4. The molecule has 2 aromatic carbocycles. The molecule has 186 valence electrons. The maximum atomic E-state index is 13.7. The Morgan fingerprint density at radius 2 is 1.74 bits per heavy atom. The van der Waals surface area contributed by atoms with Crippen LogP contribution in [-0.2, 0) is 14.8 Å². The SMILES string of the molecule is CC1CN(S(=O)(=O)c2cccc(F)c2)CCN1C(=O)C(C)(C)CCCOc1c(F)cccc1F. The molecule has 0 aromatic heterocycles. The van der Waals surface area contributed by atoms with Crippen LogP contribution >= 0.6 is 0 Å². The number of halogens is 3. The summed E-state index contributed by atoms with van der Waals surface area (Å²) >= 11 is 0. The van der Waals surface area contributed by atoms with E-state index in [0.29, 0.717) is 12.8 Å². The summed E-state index contributed by atoms with van der Waals surface area (Å²) in [5.74, 6) is -2.77. The Balaban J connectivity index is 1.57. The van der Waals surface area contributed by atoms with Crippen LogP contribution in [-0.4, -0.2) is 55.8 Å². The third-order valence-electron chi connectivity index (χ3n) is 5.98. The molecule has 1 atom stereocenters. The molecular weight excluding hydrogens is 469 g/mol. The molecule has 1 aliphatic heterocycles. The summed E-state index contributed by atoms with van der Waals surface area (Å²) in [6.07, 6.45) is 0.811. The summed E-state index contributed by atoms with van der Waals surface area (Å²) in [6, 6.07) is 7.95. The van der Waals surface area contributed by atoms with E-state index in [1.807, 2.05) is 0 Å². The third-order valence-corrected chi connectivity index (χ3v) is 7.84. The normalized spacial score (nSPS) is 17.6. The average molecular weight is 499 g/mol. The Labute approximate surface area is 198 Å². The maximum absolute atomic E-state index is 13.7. The molecule has 0 radical (unpaired) electrons. The molecule has 0 aliphatic carbocycles. The molecule has 1 saturated heterocycles. The van der Waals surface area contributed by atoms with Crippen molar-refractivity contribution in [1.29, 1.82) is 0 Å². The van der Waals surface area contributed by atoms with Crippen molar-refractivity contribution >= 4 is 15.9 Å². The number of carbonyl (C=O) groups excluding carboxylic acids is 1. The number of hydrogen-bond acceptors (Lipinski definition) is 4. The van der Waals surface area contributed by atoms with E-state index in [4.69, 9.17) is 4.74 Å². The quantitative estimate of drug-likeness (QED) is 0.512. The van der Waals surface area contributed by atoms with Crippen LogP contribution in [0.5, 0.6) is 5.75 Å². The summed E-state index contributed by atoms with van der Waals surface area (Å²) in [6.45, 7) is 5.77. The molecule has 3 rings (SSSR count). The van der Waals surface area contributed by atoms with E-state index >= 15 is 0 Å². The predicted octanol–water partition coefficient (Wildman–Crippen LogP) is 4.21. The van der Waals surface area contributed by atoms with Crippen LogP contribution in [0.4, 0.5) is 13.2 Å². The zero-order chi connectivity index (χ0) is 25.1. The van der Waals surface area contributed by atoms with E-state index in [2.05, 4.69) is 0 Å². The van der Waals surface area contributed by atoms with Crippen molar-refractivity contribution < 1.29 is 31.1 Å². The van der Waals surface area contributed by atoms with Crippen LogP contribution in [0.3, 0.4) is 0 Å². The van der Waals surface area contributed by atoms with Gasteiger partial charge in [-0.3, -0.25) is 4.79 Å². The van der Waals surface area contributed by atoms with Crippen LogP contribution in [0.1, 0.15) is 33.6 Å². The number of hydrogen-bond donors (Lipinski definition) is 0. The third kappa shape index (κ3) is 5.72. The van der Waals surface area contributed by atoms with E-state index in [-0.39, 0.29) is 43.1 Å². The molecule has 2 aromatic rings. The van der Waals surface area contributed by atoms with Crippen molar-refractivity contribution in [3.05, 3.63) is 59.9 Å². The van der Waals surface area contributed by atoms with Gasteiger partial charge in [0.15, 0.2) is 17.4 Å². The number of sulfonamides is 1. The summed E-state index contributed by atoms with van der Waals surface area (Å²) in [5, 5.41) is 0. The lowest BCUT2D eigenvalue weighted by atomic mass is 9.85. The first-order valence-electron chi connectivity index (χ1n) is 11.1. The number of nitrogens with zero attached hydrogens (tertiary/aromatic N) is 2. The highest BCUT2D eigenvalue weighted by Gasteiger charge is 2.39. The van der Waals surface area contributed by atoms with Gasteiger partial charge in [0.05, 0.1) is 11.5 Å². The topological polar surface area (TPSA) is 66.9 Å². The minimum atomic E-state index is -3.88. The number of amides is 1. The van der Waals surface area contributed by atoms with Crippen molar-refractivity contribution in [1.82, 2.24) is 9.21 Å². The van der Waals surface area contributed by atoms with E-state index in [0.717, 1.165) is 18.2 Å². The molecule has 1 amide bonds. The standard InChI is InChI=1S/C24H29F3N2O4S/c1-17-16-28(34(31,32)19-8-4-7-18(25)15-19)12-13-29(17)23(30)24(2,3)11-6-14-33-22-20(26)9-5-10-21(22)27/h4-5,7-10,15,17H,6,11-14,16H2,1-3H3. The zero-order valence-corrected chi connectivity index (χ0v) is 20.2. The average Bonchev–Trinajstić information content (AvgIpc) is 2.77. The molecule has 0 N–H and O–H groups in total. The highest BCUT2D eigenvalue weighted by molar-refractivity contribution is 7.89. The van der Waals surface area contributed by atoms with Crippen LogP contribution in [0, 0.1) is 22.9 Å². The van der Waals surface area contributed by atoms with Crippen LogP contribution in [0.2, 0.25) is 0 Å². The first-order chi connectivity index (χ1) is 15.9. The monoisotopic (exact) mass is 498 g/mol. The van der Waals surface area contributed by atoms with Gasteiger partial charge in [0.2, 0.25) is 15.9 Å². The van der Waals surface area contributed by atoms with E-state index in [9.17, 15) is 26.4 Å². The molecule has 0 spiro atoms. The minimum Gasteiger partial charge on any atom is -0.488 e. The second-order valence-electron chi connectivity index (χ2n) is 9.05. The number of para-hydroxylation sites is 1. The summed E-state index contributed by atoms with van der Waals surface area (Å²) < 4.78 is 73.2. The van der Waals surface area contributed by atoms with Crippen molar-refractivity contribution in [2.24, 2.45) is 5.41 Å². The fourth-order valence-electron chi connectivity index (χ4n) is 4.03. The Morgan fingerprint density at radius 3 is 2.35 bits per heavy atom. The number of carbonyl (C=O) groups is 1. The lowest BCUT2D eigenvalue weighted by molar-refractivity contribution is -0.144. The van der Waals surface area contributed by atoms with Gasteiger partial charge in [-0.1, -0.05) is 26.0 Å². The minimum absolute atomic E-state index is 0.0454. The molecule has 1 aliphatic rings. The lowest BCUT2D eigenvalue weighted by Gasteiger charge is -2.42. The van der Waals surface area contributed by atoms with Crippen molar-refractivity contribution in [3.8, 4) is 5.75 Å². The van der Waals surface area contributed by atoms with Gasteiger partial charge in [0.1, 0.15) is 5.82 Å². The van der Waals surface area contributed by atoms with Gasteiger partial charge in [-0.2, -0.15) is 4.31 Å². The summed E-state index contributed by atoms with van der Waals surface area (Å²) in [4.78, 5) is 14.7. The molecule has 0 saturated carbocycles. The summed E-state index contributed by atoms with van der Waals surface area (Å²) in [7, 11) is -3.88. The molecule has 1 heterocycles. The van der Waals surface area contributed by atoms with Crippen LogP contribution < -0.4 is 4.74 Å². The highest BCUT2D eigenvalue weighted by atomic mass is 32.2. The number of piperazine rings is 1. The first-order valence-corrected chi connectivity index (χ1v) is 12.5. The molecule has 34 heavy (non-hydrogen) atoms. The van der Waals surface area contributed by atoms with Gasteiger partial charge in [0, 0.05) is 31.1 Å². The van der Waals surface area contributed by atoms with Crippen molar-refractivity contribution in [2.45, 2.75) is 44.6 Å². The Hall–Kier alpha value is -2.59. The maximum Gasteiger partial charge on any atom is 0.243 e. The van der Waals surface area contributed by atoms with Gasteiger partial charge < -0.3 is 9.64 Å². The fourth-order valence-corrected chi connectivity index (χ4v) is 5.57. The molecule has 10 heteroatoms. The smallest absolute Gasteiger partial charge is 0.243 e. The largest absolute Gasteiger partial charge is 0.488 e. The van der Waals surface area contributed by atoms with Gasteiger partial charge in [-0.25, -0.2) is 21.6 Å². The van der Waals surface area contributed by atoms with Gasteiger partial charge in [-0.05, 0) is 50.1 Å². The van der Waals surface area contributed by atoms with E-state index in [1.165, 1.54) is 28.6 Å². The Kier molecular flexibility index (Phi) is 7.92. The Bertz CT molecular complexity index is 1120. The number of ether oxygens (including phenoxy) is 1. The number of benzene rings is 2. The molecule has 1 unspecified atom stereocenters. The molecule has 6 nitrogen and oxygen atoms in total. The lowest BCUT2D eigenvalue weighted by Crippen LogP contribution is -2.57.